The van der Waals surface area contributed by atoms with Gasteiger partial charge in [-0.3, -0.25) is 4.79 Å². The van der Waals surface area contributed by atoms with E-state index in [4.69, 9.17) is 5.11 Å². The number of carbonyl (C=O) groups is 3. The van der Waals surface area contributed by atoms with Crippen LogP contribution in [0.15, 0.2) is 0 Å². The molecule has 1 saturated heterocycles. The van der Waals surface area contributed by atoms with Crippen LogP contribution in [0.5, 0.6) is 0 Å². The first-order chi connectivity index (χ1) is 8.54. The van der Waals surface area contributed by atoms with Crippen molar-refractivity contribution < 1.29 is 19.5 Å². The van der Waals surface area contributed by atoms with Crippen LogP contribution >= 0.6 is 11.8 Å². The van der Waals surface area contributed by atoms with Gasteiger partial charge in [0.15, 0.2) is 0 Å². The topological polar surface area (TPSA) is 98.7 Å². The molecular formula is C10H17N3O4S. The summed E-state index contributed by atoms with van der Waals surface area (Å²) in [5.74, 6) is -0.635. The number of aliphatic carboxylic acids is 1. The van der Waals surface area contributed by atoms with Crippen LogP contribution in [0, 0.1) is 0 Å². The Morgan fingerprint density at radius 1 is 1.61 bits per heavy atom. The normalized spacial score (nSPS) is 16.9. The number of amides is 3. The van der Waals surface area contributed by atoms with Gasteiger partial charge in [-0.25, -0.2) is 9.59 Å². The average Bonchev–Trinajstić information content (AvgIpc) is 2.33. The molecule has 0 aromatic heterocycles. The van der Waals surface area contributed by atoms with Gasteiger partial charge < -0.3 is 20.6 Å². The summed E-state index contributed by atoms with van der Waals surface area (Å²) in [6, 6.07) is -1.41. The van der Waals surface area contributed by atoms with Crippen molar-refractivity contribution in [2.24, 2.45) is 0 Å². The largest absolute Gasteiger partial charge is 0.480 e. The van der Waals surface area contributed by atoms with Crippen LogP contribution in [-0.4, -0.2) is 65.6 Å². The zero-order valence-corrected chi connectivity index (χ0v) is 11.0. The lowest BCUT2D eigenvalue weighted by Crippen LogP contribution is -2.55. The van der Waals surface area contributed by atoms with Crippen molar-refractivity contribution in [3.8, 4) is 0 Å². The Kier molecular flexibility index (Phi) is 5.76. The predicted octanol–water partition coefficient (Wildman–Crippen LogP) is -0.666. The standard InChI is InChI=1S/C10H17N3O4S/c1-18-5-2-7(9(15)16)12-10(17)13-4-3-11-8(14)6-13/h7H,2-6H2,1H3,(H,11,14)(H,12,17)(H,15,16)/t7-/m0/s1. The van der Waals surface area contributed by atoms with Gasteiger partial charge in [-0.2, -0.15) is 11.8 Å². The second-order valence-electron chi connectivity index (χ2n) is 3.89. The molecular weight excluding hydrogens is 258 g/mol. The number of carbonyl (C=O) groups excluding carboxylic acids is 2. The number of nitrogens with one attached hydrogen (secondary N) is 2. The number of urea groups is 1. The van der Waals surface area contributed by atoms with Crippen LogP contribution in [0.3, 0.4) is 0 Å². The minimum Gasteiger partial charge on any atom is -0.480 e. The molecule has 102 valence electrons. The Hall–Kier alpha value is -1.44. The highest BCUT2D eigenvalue weighted by atomic mass is 32.2. The Morgan fingerprint density at radius 2 is 2.33 bits per heavy atom. The van der Waals surface area contributed by atoms with Crippen LogP contribution in [0.25, 0.3) is 0 Å². The molecule has 7 nitrogen and oxygen atoms in total. The van der Waals surface area contributed by atoms with E-state index in [2.05, 4.69) is 10.6 Å². The van der Waals surface area contributed by atoms with Gasteiger partial charge in [-0.15, -0.1) is 0 Å². The van der Waals surface area contributed by atoms with Gasteiger partial charge >= 0.3 is 12.0 Å². The third-order valence-electron chi connectivity index (χ3n) is 2.53. The summed E-state index contributed by atoms with van der Waals surface area (Å²) in [6.07, 6.45) is 2.23. The maximum Gasteiger partial charge on any atom is 0.326 e. The molecule has 1 aliphatic heterocycles. The molecule has 1 aliphatic rings. The Balaban J connectivity index is 2.49. The van der Waals surface area contributed by atoms with Gasteiger partial charge in [0.05, 0.1) is 0 Å². The van der Waals surface area contributed by atoms with Crippen molar-refractivity contribution >= 4 is 29.7 Å². The molecule has 0 aromatic carbocycles. The lowest BCUT2D eigenvalue weighted by atomic mass is 10.2. The smallest absolute Gasteiger partial charge is 0.326 e. The van der Waals surface area contributed by atoms with E-state index in [-0.39, 0.29) is 12.5 Å². The summed E-state index contributed by atoms with van der Waals surface area (Å²) >= 11 is 1.52. The van der Waals surface area contributed by atoms with Crippen molar-refractivity contribution in [1.82, 2.24) is 15.5 Å². The highest BCUT2D eigenvalue weighted by Gasteiger charge is 2.25. The lowest BCUT2D eigenvalue weighted by molar-refractivity contribution is -0.139. The van der Waals surface area contributed by atoms with E-state index >= 15 is 0 Å². The molecule has 0 aliphatic carbocycles. The molecule has 3 amide bonds. The summed E-state index contributed by atoms with van der Waals surface area (Å²) in [5.41, 5.74) is 0. The van der Waals surface area contributed by atoms with Crippen LogP contribution in [-0.2, 0) is 9.59 Å². The van der Waals surface area contributed by atoms with E-state index < -0.39 is 18.0 Å². The van der Waals surface area contributed by atoms with E-state index in [0.717, 1.165) is 0 Å². The maximum absolute atomic E-state index is 11.8. The number of hydrogen-bond acceptors (Lipinski definition) is 4. The molecule has 0 aromatic rings. The fourth-order valence-electron chi connectivity index (χ4n) is 1.55. The van der Waals surface area contributed by atoms with Crippen molar-refractivity contribution in [1.29, 1.82) is 0 Å². The van der Waals surface area contributed by atoms with Gasteiger partial charge in [0.1, 0.15) is 12.6 Å². The summed E-state index contributed by atoms with van der Waals surface area (Å²) in [6.45, 7) is 0.766. The molecule has 8 heteroatoms. The third-order valence-corrected chi connectivity index (χ3v) is 3.18. The van der Waals surface area contributed by atoms with E-state index in [1.165, 1.54) is 16.7 Å². The molecule has 0 radical (unpaired) electrons. The molecule has 18 heavy (non-hydrogen) atoms. The van der Waals surface area contributed by atoms with Crippen molar-refractivity contribution in [2.75, 3.05) is 31.6 Å². The summed E-state index contributed by atoms with van der Waals surface area (Å²) in [7, 11) is 0. The molecule has 0 spiro atoms. The number of rotatable bonds is 5. The second-order valence-corrected chi connectivity index (χ2v) is 4.88. The van der Waals surface area contributed by atoms with Crippen molar-refractivity contribution in [2.45, 2.75) is 12.5 Å². The van der Waals surface area contributed by atoms with E-state index in [1.807, 2.05) is 6.26 Å². The second kappa shape index (κ2) is 7.10. The van der Waals surface area contributed by atoms with Gasteiger partial charge in [-0.1, -0.05) is 0 Å². The maximum atomic E-state index is 11.8. The fourth-order valence-corrected chi connectivity index (χ4v) is 2.02. The van der Waals surface area contributed by atoms with Gasteiger partial charge in [-0.05, 0) is 18.4 Å². The first-order valence-electron chi connectivity index (χ1n) is 5.58. The zero-order chi connectivity index (χ0) is 13.5. The highest BCUT2D eigenvalue weighted by Crippen LogP contribution is 2.03. The Labute approximate surface area is 109 Å². The molecule has 1 rings (SSSR count). The van der Waals surface area contributed by atoms with E-state index in [1.54, 1.807) is 0 Å². The number of carboxylic acids is 1. The number of hydrogen-bond donors (Lipinski definition) is 3. The van der Waals surface area contributed by atoms with Crippen LogP contribution in [0.4, 0.5) is 4.79 Å². The quantitative estimate of drug-likeness (QED) is 0.618. The van der Waals surface area contributed by atoms with Crippen molar-refractivity contribution in [3.05, 3.63) is 0 Å². The first kappa shape index (κ1) is 14.6. The van der Waals surface area contributed by atoms with Crippen LogP contribution < -0.4 is 10.6 Å². The van der Waals surface area contributed by atoms with Gasteiger partial charge in [0, 0.05) is 13.1 Å². The molecule has 1 atom stereocenters. The Morgan fingerprint density at radius 3 is 2.89 bits per heavy atom. The third kappa shape index (κ3) is 4.44. The number of piperazine rings is 1. The lowest BCUT2D eigenvalue weighted by Gasteiger charge is -2.28. The molecule has 1 heterocycles. The molecule has 3 N–H and O–H groups in total. The number of nitrogens with zero attached hydrogens (tertiary/aromatic N) is 1. The summed E-state index contributed by atoms with van der Waals surface area (Å²) < 4.78 is 0. The number of thioether (sulfide) groups is 1. The van der Waals surface area contributed by atoms with Crippen LogP contribution in [0.2, 0.25) is 0 Å². The highest BCUT2D eigenvalue weighted by molar-refractivity contribution is 7.98. The first-order valence-corrected chi connectivity index (χ1v) is 6.98. The zero-order valence-electron chi connectivity index (χ0n) is 10.1. The fraction of sp³-hybridized carbons (Fsp3) is 0.700. The van der Waals surface area contributed by atoms with Crippen molar-refractivity contribution in [3.63, 3.8) is 0 Å². The van der Waals surface area contributed by atoms with Gasteiger partial charge in [0.25, 0.3) is 0 Å². The molecule has 0 saturated carbocycles. The minimum absolute atomic E-state index is 0.0271. The summed E-state index contributed by atoms with van der Waals surface area (Å²) in [4.78, 5) is 35.2. The number of carboxylic acid groups (broad SMARTS) is 1. The minimum atomic E-state index is -1.06. The molecule has 0 bridgehead atoms. The molecule has 0 unspecified atom stereocenters. The summed E-state index contributed by atoms with van der Waals surface area (Å²) in [5, 5.41) is 14.0. The monoisotopic (exact) mass is 275 g/mol. The SMILES string of the molecule is CSCC[C@H](NC(=O)N1CCNC(=O)C1)C(=O)O. The predicted molar refractivity (Wildman–Crippen MR) is 67.5 cm³/mol. The average molecular weight is 275 g/mol. The Bertz CT molecular complexity index is 337. The van der Waals surface area contributed by atoms with Gasteiger partial charge in [0.2, 0.25) is 5.91 Å². The van der Waals surface area contributed by atoms with E-state index in [0.29, 0.717) is 25.3 Å². The van der Waals surface area contributed by atoms with E-state index in [9.17, 15) is 14.4 Å². The van der Waals surface area contributed by atoms with Crippen LogP contribution in [0.1, 0.15) is 6.42 Å². The molecule has 1 fully saturated rings.